The second-order valence-electron chi connectivity index (χ2n) is 4.27. The summed E-state index contributed by atoms with van der Waals surface area (Å²) in [4.78, 5) is 5.85. The molecule has 0 spiro atoms. The highest BCUT2D eigenvalue weighted by molar-refractivity contribution is 7.11. The third kappa shape index (κ3) is 2.82. The first-order valence-corrected chi connectivity index (χ1v) is 6.76. The van der Waals surface area contributed by atoms with Crippen molar-refractivity contribution in [1.29, 1.82) is 0 Å². The summed E-state index contributed by atoms with van der Waals surface area (Å²) in [6, 6.07) is 8.14. The summed E-state index contributed by atoms with van der Waals surface area (Å²) in [6.07, 6.45) is 0. The van der Waals surface area contributed by atoms with Crippen LogP contribution in [0, 0.1) is 13.8 Å². The van der Waals surface area contributed by atoms with Crippen molar-refractivity contribution in [3.63, 3.8) is 0 Å². The van der Waals surface area contributed by atoms with Gasteiger partial charge in [0.25, 0.3) is 0 Å². The monoisotopic (exact) mass is 262 g/mol. The fraction of sp³-hybridized carbons (Fsp3) is 0.357. The van der Waals surface area contributed by atoms with Gasteiger partial charge in [-0.1, -0.05) is 6.07 Å². The van der Waals surface area contributed by atoms with Gasteiger partial charge in [0, 0.05) is 16.6 Å². The van der Waals surface area contributed by atoms with E-state index in [1.165, 1.54) is 4.88 Å². The maximum atomic E-state index is 5.22. The standard InChI is InChI=1S/C14H18N2OS/c1-9(14-10(2)18-11(3)16-14)15-12-6-5-7-13(8-12)17-4/h5-9,15H,1-4H3. The van der Waals surface area contributed by atoms with Crippen LogP contribution in [0.15, 0.2) is 24.3 Å². The number of benzene rings is 1. The lowest BCUT2D eigenvalue weighted by molar-refractivity contribution is 0.415. The number of nitrogens with zero attached hydrogens (tertiary/aromatic N) is 1. The van der Waals surface area contributed by atoms with E-state index in [1.807, 2.05) is 31.2 Å². The Balaban J connectivity index is 2.15. The zero-order chi connectivity index (χ0) is 13.1. The number of anilines is 1. The smallest absolute Gasteiger partial charge is 0.120 e. The van der Waals surface area contributed by atoms with Crippen molar-refractivity contribution in [2.75, 3.05) is 12.4 Å². The molecule has 4 heteroatoms. The van der Waals surface area contributed by atoms with E-state index in [0.717, 1.165) is 22.1 Å². The van der Waals surface area contributed by atoms with Crippen LogP contribution in [-0.4, -0.2) is 12.1 Å². The average Bonchev–Trinajstić information content (AvgIpc) is 2.69. The number of hydrogen-bond acceptors (Lipinski definition) is 4. The van der Waals surface area contributed by atoms with Crippen molar-refractivity contribution in [2.45, 2.75) is 26.8 Å². The van der Waals surface area contributed by atoms with E-state index in [0.29, 0.717) is 0 Å². The summed E-state index contributed by atoms with van der Waals surface area (Å²) in [6.45, 7) is 6.28. The molecule has 2 rings (SSSR count). The van der Waals surface area contributed by atoms with Crippen molar-refractivity contribution in [3.8, 4) is 5.75 Å². The number of thiazole rings is 1. The molecule has 0 aliphatic carbocycles. The Hall–Kier alpha value is -1.55. The van der Waals surface area contributed by atoms with Crippen LogP contribution in [0.25, 0.3) is 0 Å². The summed E-state index contributed by atoms with van der Waals surface area (Å²) in [5, 5.41) is 4.56. The normalized spacial score (nSPS) is 12.2. The van der Waals surface area contributed by atoms with Crippen molar-refractivity contribution in [3.05, 3.63) is 39.8 Å². The summed E-state index contributed by atoms with van der Waals surface area (Å²) in [5.41, 5.74) is 2.17. The highest BCUT2D eigenvalue weighted by Crippen LogP contribution is 2.26. The van der Waals surface area contributed by atoms with Crippen molar-refractivity contribution in [1.82, 2.24) is 4.98 Å². The van der Waals surface area contributed by atoms with E-state index < -0.39 is 0 Å². The minimum Gasteiger partial charge on any atom is -0.497 e. The van der Waals surface area contributed by atoms with Crippen LogP contribution < -0.4 is 10.1 Å². The van der Waals surface area contributed by atoms with Gasteiger partial charge >= 0.3 is 0 Å². The zero-order valence-electron chi connectivity index (χ0n) is 11.2. The number of ether oxygens (including phenoxy) is 1. The highest BCUT2D eigenvalue weighted by atomic mass is 32.1. The minimum absolute atomic E-state index is 0.196. The van der Waals surface area contributed by atoms with Crippen LogP contribution in [0.5, 0.6) is 5.75 Å². The molecule has 1 N–H and O–H groups in total. The van der Waals surface area contributed by atoms with E-state index in [4.69, 9.17) is 4.74 Å². The lowest BCUT2D eigenvalue weighted by Crippen LogP contribution is -2.08. The first kappa shape index (κ1) is 12.9. The fourth-order valence-electron chi connectivity index (χ4n) is 1.98. The van der Waals surface area contributed by atoms with Gasteiger partial charge in [-0.25, -0.2) is 4.98 Å². The van der Waals surface area contributed by atoms with Crippen LogP contribution in [0.2, 0.25) is 0 Å². The van der Waals surface area contributed by atoms with E-state index in [-0.39, 0.29) is 6.04 Å². The molecular weight excluding hydrogens is 244 g/mol. The zero-order valence-corrected chi connectivity index (χ0v) is 12.0. The molecule has 0 saturated carbocycles. The Labute approximate surface area is 112 Å². The highest BCUT2D eigenvalue weighted by Gasteiger charge is 2.12. The van der Waals surface area contributed by atoms with Gasteiger partial charge in [0.2, 0.25) is 0 Å². The van der Waals surface area contributed by atoms with E-state index in [1.54, 1.807) is 18.4 Å². The third-order valence-electron chi connectivity index (χ3n) is 2.80. The number of methoxy groups -OCH3 is 1. The van der Waals surface area contributed by atoms with Gasteiger partial charge < -0.3 is 10.1 Å². The number of hydrogen-bond donors (Lipinski definition) is 1. The predicted molar refractivity (Wildman–Crippen MR) is 76.6 cm³/mol. The van der Waals surface area contributed by atoms with Crippen molar-refractivity contribution >= 4 is 17.0 Å². The second kappa shape index (κ2) is 5.40. The van der Waals surface area contributed by atoms with Crippen LogP contribution >= 0.6 is 11.3 Å². The Morgan fingerprint density at radius 1 is 1.33 bits per heavy atom. The van der Waals surface area contributed by atoms with E-state index in [2.05, 4.69) is 24.1 Å². The molecule has 2 aromatic rings. The van der Waals surface area contributed by atoms with Crippen LogP contribution in [0.4, 0.5) is 5.69 Å². The largest absolute Gasteiger partial charge is 0.497 e. The van der Waals surface area contributed by atoms with E-state index in [9.17, 15) is 0 Å². The molecule has 0 aliphatic heterocycles. The summed E-state index contributed by atoms with van der Waals surface area (Å²) >= 11 is 1.74. The molecule has 0 amide bonds. The number of nitrogens with one attached hydrogen (secondary N) is 1. The lowest BCUT2D eigenvalue weighted by Gasteiger charge is -2.14. The minimum atomic E-state index is 0.196. The Morgan fingerprint density at radius 3 is 2.72 bits per heavy atom. The van der Waals surface area contributed by atoms with Crippen molar-refractivity contribution in [2.24, 2.45) is 0 Å². The number of aryl methyl sites for hydroxylation is 2. The molecule has 0 aliphatic rings. The number of aromatic nitrogens is 1. The molecule has 0 radical (unpaired) electrons. The molecule has 0 bridgehead atoms. The van der Waals surface area contributed by atoms with Gasteiger partial charge in [0.15, 0.2) is 0 Å². The molecule has 0 saturated heterocycles. The first-order valence-electron chi connectivity index (χ1n) is 5.94. The predicted octanol–water partition coefficient (Wildman–Crippen LogP) is 3.94. The van der Waals surface area contributed by atoms with E-state index >= 15 is 0 Å². The molecule has 1 atom stereocenters. The van der Waals surface area contributed by atoms with Crippen LogP contribution in [0.1, 0.15) is 28.5 Å². The van der Waals surface area contributed by atoms with Gasteiger partial charge in [-0.2, -0.15) is 0 Å². The topological polar surface area (TPSA) is 34.1 Å². The molecule has 3 nitrogen and oxygen atoms in total. The second-order valence-corrected chi connectivity index (χ2v) is 5.68. The maximum absolute atomic E-state index is 5.22. The van der Waals surface area contributed by atoms with Gasteiger partial charge in [-0.15, -0.1) is 11.3 Å². The Morgan fingerprint density at radius 2 is 2.11 bits per heavy atom. The van der Waals surface area contributed by atoms with Gasteiger partial charge in [-0.05, 0) is 32.9 Å². The van der Waals surface area contributed by atoms with Gasteiger partial charge in [0.1, 0.15) is 5.75 Å². The summed E-state index contributed by atoms with van der Waals surface area (Å²) in [5.74, 6) is 0.860. The van der Waals surface area contributed by atoms with Gasteiger partial charge in [-0.3, -0.25) is 0 Å². The molecule has 1 heterocycles. The Kier molecular flexibility index (Phi) is 3.87. The SMILES string of the molecule is COc1cccc(NC(C)c2nc(C)sc2C)c1. The summed E-state index contributed by atoms with van der Waals surface area (Å²) < 4.78 is 5.22. The molecule has 0 fully saturated rings. The molecule has 96 valence electrons. The van der Waals surface area contributed by atoms with Crippen molar-refractivity contribution < 1.29 is 4.74 Å². The third-order valence-corrected chi connectivity index (χ3v) is 3.70. The number of rotatable bonds is 4. The molecule has 1 unspecified atom stereocenters. The molecule has 18 heavy (non-hydrogen) atoms. The van der Waals surface area contributed by atoms with Crippen LogP contribution in [0.3, 0.4) is 0 Å². The average molecular weight is 262 g/mol. The Bertz CT molecular complexity index is 536. The lowest BCUT2D eigenvalue weighted by atomic mass is 10.2. The molecule has 1 aromatic heterocycles. The first-order chi connectivity index (χ1) is 8.60. The van der Waals surface area contributed by atoms with Gasteiger partial charge in [0.05, 0.1) is 23.9 Å². The summed E-state index contributed by atoms with van der Waals surface area (Å²) in [7, 11) is 1.68. The quantitative estimate of drug-likeness (QED) is 0.906. The van der Waals surface area contributed by atoms with Crippen LogP contribution in [-0.2, 0) is 0 Å². The molecule has 1 aromatic carbocycles. The fourth-order valence-corrected chi connectivity index (χ4v) is 2.89. The molecular formula is C14H18N2OS. The maximum Gasteiger partial charge on any atom is 0.120 e.